The van der Waals surface area contributed by atoms with Gasteiger partial charge in [-0.1, -0.05) is 30.3 Å². The number of hydrogen-bond donors (Lipinski definition) is 3. The molecule has 0 bridgehead atoms. The van der Waals surface area contributed by atoms with E-state index in [1.165, 1.54) is 24.5 Å². The normalized spacial score (nSPS) is 11.3. The van der Waals surface area contributed by atoms with E-state index in [0.29, 0.717) is 61.5 Å². The van der Waals surface area contributed by atoms with Crippen LogP contribution < -0.4 is 5.32 Å². The molecule has 4 heterocycles. The van der Waals surface area contributed by atoms with Gasteiger partial charge in [0.25, 0.3) is 5.91 Å². The summed E-state index contributed by atoms with van der Waals surface area (Å²) < 4.78 is 29.9. The lowest BCUT2D eigenvalue weighted by Crippen LogP contribution is -2.11. The summed E-state index contributed by atoms with van der Waals surface area (Å²) in [5.41, 5.74) is 4.45. The van der Waals surface area contributed by atoms with E-state index in [4.69, 9.17) is 4.98 Å². The summed E-state index contributed by atoms with van der Waals surface area (Å²) in [5, 5.41) is 10.7. The van der Waals surface area contributed by atoms with E-state index in [1.807, 2.05) is 6.07 Å². The summed E-state index contributed by atoms with van der Waals surface area (Å²) in [7, 11) is 0. The molecule has 7 rings (SSSR count). The third-order valence-corrected chi connectivity index (χ3v) is 6.75. The summed E-state index contributed by atoms with van der Waals surface area (Å²) in [5.74, 6) is -0.780. The zero-order valence-electron chi connectivity index (χ0n) is 21.2. The van der Waals surface area contributed by atoms with Crippen molar-refractivity contribution in [3.8, 4) is 33.9 Å². The van der Waals surface area contributed by atoms with Crippen molar-refractivity contribution in [2.75, 3.05) is 5.32 Å². The molecule has 198 valence electrons. The summed E-state index contributed by atoms with van der Waals surface area (Å²) in [6, 6.07) is 21.6. The van der Waals surface area contributed by atoms with Crippen molar-refractivity contribution in [2.45, 2.75) is 0 Å². The number of amides is 1. The minimum Gasteiger partial charge on any atom is -0.336 e. The molecule has 0 fully saturated rings. The van der Waals surface area contributed by atoms with E-state index < -0.39 is 11.6 Å². The molecule has 3 aromatic carbocycles. The second-order valence-corrected chi connectivity index (χ2v) is 9.35. The minimum atomic E-state index is -0.489. The maximum absolute atomic E-state index is 15.3. The van der Waals surface area contributed by atoms with Gasteiger partial charge in [0, 0.05) is 46.1 Å². The Kier molecular flexibility index (Phi) is 5.78. The topological polar surface area (TPSA) is 112 Å². The molecule has 1 amide bonds. The third-order valence-electron chi connectivity index (χ3n) is 6.75. The van der Waals surface area contributed by atoms with Gasteiger partial charge < -0.3 is 10.3 Å². The standard InChI is InChI=1S/C31H19F2N7O/c32-23-9-5-4-8-20(23)27-29-25(10-11-35-27)37-30(38-29)28-22-13-21(24(33)14-26(22)39-40-28)18-12-19(16-34-15-18)36-31(41)17-6-2-1-3-7-17/h1-16H,(H,36,41)(H,37,38)(H,39,40). The number of pyridine rings is 2. The first kappa shape index (κ1) is 24.3. The lowest BCUT2D eigenvalue weighted by molar-refractivity contribution is 0.102. The predicted octanol–water partition coefficient (Wildman–Crippen LogP) is 6.76. The average molecular weight is 544 g/mol. The number of aromatic amines is 2. The lowest BCUT2D eigenvalue weighted by atomic mass is 10.0. The van der Waals surface area contributed by atoms with Gasteiger partial charge in [0.1, 0.15) is 28.5 Å². The van der Waals surface area contributed by atoms with Crippen molar-refractivity contribution in [1.82, 2.24) is 30.1 Å². The number of nitrogens with zero attached hydrogens (tertiary/aromatic N) is 4. The Morgan fingerprint density at radius 2 is 1.63 bits per heavy atom. The SMILES string of the molecule is O=C(Nc1cncc(-c2cc3c(-c4nc5c(-c6ccccc6F)nccc5[nH]4)n[nH]c3cc2F)c1)c1ccccc1. The fraction of sp³-hybridized carbons (Fsp3) is 0. The highest BCUT2D eigenvalue weighted by Crippen LogP contribution is 2.34. The molecule has 0 atom stereocenters. The maximum Gasteiger partial charge on any atom is 0.255 e. The number of halogens is 2. The molecule has 0 saturated heterocycles. The van der Waals surface area contributed by atoms with Crippen LogP contribution in [-0.2, 0) is 0 Å². The molecule has 7 aromatic rings. The number of carbonyl (C=O) groups excluding carboxylic acids is 1. The number of rotatable bonds is 5. The van der Waals surface area contributed by atoms with Crippen LogP contribution in [0.3, 0.4) is 0 Å². The van der Waals surface area contributed by atoms with Crippen LogP contribution in [0, 0.1) is 11.6 Å². The van der Waals surface area contributed by atoms with E-state index in [0.717, 1.165) is 0 Å². The Morgan fingerprint density at radius 1 is 0.805 bits per heavy atom. The first-order chi connectivity index (χ1) is 20.0. The molecule has 8 nitrogen and oxygen atoms in total. The summed E-state index contributed by atoms with van der Waals surface area (Å²) in [6.07, 6.45) is 4.61. The fourth-order valence-corrected chi connectivity index (χ4v) is 4.79. The number of hydrogen-bond acceptors (Lipinski definition) is 5. The summed E-state index contributed by atoms with van der Waals surface area (Å²) in [4.78, 5) is 29.1. The van der Waals surface area contributed by atoms with E-state index in [1.54, 1.807) is 66.9 Å². The average Bonchev–Trinajstić information content (AvgIpc) is 3.61. The predicted molar refractivity (Wildman–Crippen MR) is 152 cm³/mol. The first-order valence-electron chi connectivity index (χ1n) is 12.6. The third kappa shape index (κ3) is 4.37. The number of aromatic nitrogens is 6. The van der Waals surface area contributed by atoms with Gasteiger partial charge in [0.05, 0.1) is 22.9 Å². The molecule has 10 heteroatoms. The number of anilines is 1. The largest absolute Gasteiger partial charge is 0.336 e. The van der Waals surface area contributed by atoms with Crippen molar-refractivity contribution >= 4 is 33.5 Å². The van der Waals surface area contributed by atoms with Crippen molar-refractivity contribution in [1.29, 1.82) is 0 Å². The smallest absolute Gasteiger partial charge is 0.255 e. The maximum atomic E-state index is 15.3. The molecular weight excluding hydrogens is 524 g/mol. The first-order valence-corrected chi connectivity index (χ1v) is 12.6. The highest BCUT2D eigenvalue weighted by atomic mass is 19.1. The van der Waals surface area contributed by atoms with Crippen LogP contribution in [0.15, 0.2) is 97.5 Å². The molecule has 0 aliphatic carbocycles. The molecule has 0 saturated carbocycles. The number of carbonyl (C=O) groups is 1. The van der Waals surface area contributed by atoms with Crippen LogP contribution in [-0.4, -0.2) is 36.0 Å². The lowest BCUT2D eigenvalue weighted by Gasteiger charge is -2.08. The second kappa shape index (κ2) is 9.76. The van der Waals surface area contributed by atoms with Gasteiger partial charge in [0.2, 0.25) is 0 Å². The van der Waals surface area contributed by atoms with Gasteiger partial charge in [-0.25, -0.2) is 13.8 Å². The molecule has 3 N–H and O–H groups in total. The molecule has 0 spiro atoms. The Bertz CT molecular complexity index is 2090. The van der Waals surface area contributed by atoms with Crippen molar-refractivity contribution in [3.05, 3.63) is 115 Å². The Labute approximate surface area is 231 Å². The van der Waals surface area contributed by atoms with Crippen LogP contribution in [0.4, 0.5) is 14.5 Å². The fourth-order valence-electron chi connectivity index (χ4n) is 4.79. The van der Waals surface area contributed by atoms with Crippen molar-refractivity contribution < 1.29 is 13.6 Å². The molecule has 0 radical (unpaired) electrons. The molecule has 4 aromatic heterocycles. The number of benzene rings is 3. The van der Waals surface area contributed by atoms with E-state index in [2.05, 4.69) is 30.5 Å². The molecule has 41 heavy (non-hydrogen) atoms. The Hall–Kier alpha value is -5.77. The van der Waals surface area contributed by atoms with Crippen LogP contribution >= 0.6 is 0 Å². The Balaban J connectivity index is 1.28. The zero-order chi connectivity index (χ0) is 27.9. The number of nitrogens with one attached hydrogen (secondary N) is 3. The zero-order valence-corrected chi connectivity index (χ0v) is 21.2. The molecular formula is C31H19F2N7O. The number of fused-ring (bicyclic) bond motifs is 2. The van der Waals surface area contributed by atoms with E-state index >= 15 is 4.39 Å². The molecule has 0 aliphatic heterocycles. The van der Waals surface area contributed by atoms with Crippen LogP contribution in [0.25, 0.3) is 55.8 Å². The van der Waals surface area contributed by atoms with Gasteiger partial charge in [-0.3, -0.25) is 19.9 Å². The molecule has 0 unspecified atom stereocenters. The van der Waals surface area contributed by atoms with Gasteiger partial charge in [0.15, 0.2) is 5.82 Å². The summed E-state index contributed by atoms with van der Waals surface area (Å²) >= 11 is 0. The van der Waals surface area contributed by atoms with E-state index in [9.17, 15) is 9.18 Å². The van der Waals surface area contributed by atoms with Gasteiger partial charge in [-0.15, -0.1) is 0 Å². The Morgan fingerprint density at radius 3 is 2.49 bits per heavy atom. The highest BCUT2D eigenvalue weighted by molar-refractivity contribution is 6.04. The van der Waals surface area contributed by atoms with Crippen LogP contribution in [0.2, 0.25) is 0 Å². The van der Waals surface area contributed by atoms with Crippen LogP contribution in [0.5, 0.6) is 0 Å². The van der Waals surface area contributed by atoms with Crippen molar-refractivity contribution in [2.24, 2.45) is 0 Å². The monoisotopic (exact) mass is 543 g/mol. The van der Waals surface area contributed by atoms with Gasteiger partial charge in [-0.2, -0.15) is 5.10 Å². The van der Waals surface area contributed by atoms with Gasteiger partial charge >= 0.3 is 0 Å². The highest BCUT2D eigenvalue weighted by Gasteiger charge is 2.19. The summed E-state index contributed by atoms with van der Waals surface area (Å²) in [6.45, 7) is 0. The van der Waals surface area contributed by atoms with E-state index in [-0.39, 0.29) is 11.5 Å². The second-order valence-electron chi connectivity index (χ2n) is 9.35. The molecule has 0 aliphatic rings. The quantitative estimate of drug-likeness (QED) is 0.222. The minimum absolute atomic E-state index is 0.272. The number of imidazole rings is 1. The number of H-pyrrole nitrogens is 2. The van der Waals surface area contributed by atoms with Crippen molar-refractivity contribution in [3.63, 3.8) is 0 Å². The van der Waals surface area contributed by atoms with Gasteiger partial charge in [-0.05, 0) is 42.5 Å². The van der Waals surface area contributed by atoms with Crippen LogP contribution in [0.1, 0.15) is 10.4 Å².